The molecular weight excluding hydrogens is 394 g/mol. The topological polar surface area (TPSA) is 100 Å². The van der Waals surface area contributed by atoms with Crippen molar-refractivity contribution in [3.8, 4) is 11.5 Å². The molecule has 3 heterocycles. The minimum absolute atomic E-state index is 0.0613. The molecule has 1 atom stereocenters. The van der Waals surface area contributed by atoms with E-state index in [9.17, 15) is 4.79 Å². The van der Waals surface area contributed by atoms with E-state index in [4.69, 9.17) is 4.52 Å². The van der Waals surface area contributed by atoms with Crippen LogP contribution in [0.2, 0.25) is 0 Å². The van der Waals surface area contributed by atoms with Crippen LogP contribution >= 0.6 is 0 Å². The molecule has 9 heteroatoms. The molecule has 0 aliphatic carbocycles. The van der Waals surface area contributed by atoms with E-state index < -0.39 is 0 Å². The highest BCUT2D eigenvalue weighted by atomic mass is 16.5. The van der Waals surface area contributed by atoms with Gasteiger partial charge in [-0.2, -0.15) is 4.98 Å². The number of nitrogens with zero attached hydrogens (tertiary/aromatic N) is 6. The maximum absolute atomic E-state index is 12.3. The maximum atomic E-state index is 12.3. The van der Waals surface area contributed by atoms with Gasteiger partial charge < -0.3 is 14.7 Å². The molecule has 2 aromatic heterocycles. The smallest absolute Gasteiger partial charge is 0.316 e. The summed E-state index contributed by atoms with van der Waals surface area (Å²) < 4.78 is 5.06. The summed E-state index contributed by atoms with van der Waals surface area (Å²) in [7, 11) is 0. The summed E-state index contributed by atoms with van der Waals surface area (Å²) >= 11 is 0. The summed E-state index contributed by atoms with van der Waals surface area (Å²) in [4.78, 5) is 29.2. The molecule has 1 aliphatic rings. The van der Waals surface area contributed by atoms with E-state index in [0.717, 1.165) is 32.6 Å². The minimum Gasteiger partial charge on any atom is -0.369 e. The van der Waals surface area contributed by atoms with E-state index in [1.54, 1.807) is 12.3 Å². The van der Waals surface area contributed by atoms with E-state index in [0.29, 0.717) is 18.3 Å². The number of nitrogens with one attached hydrogen (secondary N) is 1. The Labute approximate surface area is 181 Å². The lowest BCUT2D eigenvalue weighted by Crippen LogP contribution is -2.52. The van der Waals surface area contributed by atoms with Gasteiger partial charge >= 0.3 is 11.8 Å². The second kappa shape index (κ2) is 9.65. The Hall–Kier alpha value is -3.33. The number of aryl methyl sites for hydroxylation is 1. The van der Waals surface area contributed by atoms with Crippen molar-refractivity contribution in [3.63, 3.8) is 0 Å². The van der Waals surface area contributed by atoms with Crippen molar-refractivity contribution in [1.82, 2.24) is 30.3 Å². The van der Waals surface area contributed by atoms with Crippen molar-refractivity contribution in [1.29, 1.82) is 0 Å². The number of anilines is 1. The molecule has 0 spiro atoms. The number of amides is 1. The predicted octanol–water partition coefficient (Wildman–Crippen LogP) is 2.17. The minimum atomic E-state index is -0.370. The van der Waals surface area contributed by atoms with Crippen LogP contribution < -0.4 is 10.2 Å². The zero-order chi connectivity index (χ0) is 21.6. The van der Waals surface area contributed by atoms with Crippen LogP contribution in [0.25, 0.3) is 11.5 Å². The van der Waals surface area contributed by atoms with E-state index in [1.165, 1.54) is 17.6 Å². The lowest BCUT2D eigenvalue weighted by Gasteiger charge is -2.41. The first kappa shape index (κ1) is 20.9. The monoisotopic (exact) mass is 421 g/mol. The first-order valence-corrected chi connectivity index (χ1v) is 10.5. The van der Waals surface area contributed by atoms with Crippen molar-refractivity contribution in [2.24, 2.45) is 0 Å². The third-order valence-corrected chi connectivity index (χ3v) is 5.47. The molecule has 1 amide bonds. The summed E-state index contributed by atoms with van der Waals surface area (Å²) in [6, 6.07) is 10.8. The Bertz CT molecular complexity index is 1010. The lowest BCUT2D eigenvalue weighted by atomic mass is 10.1. The fraction of sp³-hybridized carbons (Fsp3) is 0.409. The Morgan fingerprint density at radius 2 is 2.19 bits per heavy atom. The van der Waals surface area contributed by atoms with Crippen molar-refractivity contribution in [2.75, 3.05) is 37.6 Å². The Kier molecular flexibility index (Phi) is 6.51. The number of rotatable bonds is 7. The number of carbonyl (C=O) groups is 1. The van der Waals surface area contributed by atoms with Crippen LogP contribution in [0.1, 0.15) is 29.6 Å². The van der Waals surface area contributed by atoms with Gasteiger partial charge in [0.15, 0.2) is 0 Å². The van der Waals surface area contributed by atoms with Crippen molar-refractivity contribution < 1.29 is 9.32 Å². The molecule has 1 aromatic carbocycles. The third-order valence-electron chi connectivity index (χ3n) is 5.47. The molecular formula is C22H27N7O2. The number of carbonyl (C=O) groups excluding carboxylic acids is 1. The van der Waals surface area contributed by atoms with Gasteiger partial charge in [-0.3, -0.25) is 9.69 Å². The molecule has 0 unspecified atom stereocenters. The van der Waals surface area contributed by atoms with Gasteiger partial charge in [0.25, 0.3) is 0 Å². The molecule has 1 aliphatic heterocycles. The van der Waals surface area contributed by atoms with Gasteiger partial charge in [0.05, 0.1) is 0 Å². The van der Waals surface area contributed by atoms with Crippen LogP contribution in [-0.2, 0) is 0 Å². The largest absolute Gasteiger partial charge is 0.369 e. The highest BCUT2D eigenvalue weighted by Crippen LogP contribution is 2.20. The Morgan fingerprint density at radius 1 is 1.29 bits per heavy atom. The molecule has 31 heavy (non-hydrogen) atoms. The molecule has 1 N–H and O–H groups in total. The zero-order valence-corrected chi connectivity index (χ0v) is 17.9. The number of aromatic nitrogens is 4. The number of piperazine rings is 1. The van der Waals surface area contributed by atoms with Crippen molar-refractivity contribution in [3.05, 3.63) is 54.3 Å². The van der Waals surface area contributed by atoms with Gasteiger partial charge in [-0.25, -0.2) is 9.97 Å². The van der Waals surface area contributed by atoms with Gasteiger partial charge in [0, 0.05) is 50.6 Å². The predicted molar refractivity (Wildman–Crippen MR) is 117 cm³/mol. The highest BCUT2D eigenvalue weighted by Gasteiger charge is 2.23. The normalized spacial score (nSPS) is 17.0. The zero-order valence-electron chi connectivity index (χ0n) is 17.9. The summed E-state index contributed by atoms with van der Waals surface area (Å²) in [5.74, 6) is -0.160. The van der Waals surface area contributed by atoms with Gasteiger partial charge in [-0.15, -0.1) is 0 Å². The molecule has 0 radical (unpaired) electrons. The molecule has 4 rings (SSSR count). The van der Waals surface area contributed by atoms with Crippen LogP contribution in [0.3, 0.4) is 0 Å². The Morgan fingerprint density at radius 3 is 2.97 bits per heavy atom. The molecule has 0 saturated carbocycles. The van der Waals surface area contributed by atoms with Crippen LogP contribution in [-0.4, -0.2) is 69.7 Å². The quantitative estimate of drug-likeness (QED) is 0.580. The number of benzene rings is 1. The molecule has 3 aromatic rings. The van der Waals surface area contributed by atoms with Crippen LogP contribution in [0.5, 0.6) is 0 Å². The molecule has 162 valence electrons. The lowest BCUT2D eigenvalue weighted by molar-refractivity contribution is 0.0906. The summed E-state index contributed by atoms with van der Waals surface area (Å²) in [6.45, 7) is 8.89. The standard InChI is InChI=1S/C22H27N7O2/c1-16-5-3-6-18(13-16)29-12-11-28(17(2)14-29)10-4-8-24-21(30)22-26-20(27-31-22)19-7-9-23-15-25-19/h3,5-7,9,13,15,17H,4,8,10-12,14H2,1-2H3,(H,24,30)/t17-/m0/s1. The second-order valence-electron chi connectivity index (χ2n) is 7.80. The fourth-order valence-corrected chi connectivity index (χ4v) is 3.79. The average Bonchev–Trinajstić information content (AvgIpc) is 3.28. The van der Waals surface area contributed by atoms with Gasteiger partial charge in [0.1, 0.15) is 12.0 Å². The van der Waals surface area contributed by atoms with Crippen molar-refractivity contribution in [2.45, 2.75) is 26.3 Å². The molecule has 0 bridgehead atoms. The van der Waals surface area contributed by atoms with Crippen molar-refractivity contribution >= 4 is 11.6 Å². The second-order valence-corrected chi connectivity index (χ2v) is 7.80. The highest BCUT2D eigenvalue weighted by molar-refractivity contribution is 5.89. The third kappa shape index (κ3) is 5.24. The molecule has 1 fully saturated rings. The van der Waals surface area contributed by atoms with Gasteiger partial charge in [-0.1, -0.05) is 17.3 Å². The van der Waals surface area contributed by atoms with Crippen LogP contribution in [0.4, 0.5) is 5.69 Å². The number of hydrogen-bond acceptors (Lipinski definition) is 8. The molecule has 9 nitrogen and oxygen atoms in total. The van der Waals surface area contributed by atoms with E-state index in [1.807, 2.05) is 0 Å². The maximum Gasteiger partial charge on any atom is 0.316 e. The summed E-state index contributed by atoms with van der Waals surface area (Å²) in [6.07, 6.45) is 3.83. The molecule has 1 saturated heterocycles. The van der Waals surface area contributed by atoms with Crippen LogP contribution in [0, 0.1) is 6.92 Å². The first-order chi connectivity index (χ1) is 15.1. The first-order valence-electron chi connectivity index (χ1n) is 10.5. The van der Waals surface area contributed by atoms with Gasteiger partial charge in [-0.05, 0) is 44.0 Å². The number of hydrogen-bond donors (Lipinski definition) is 1. The van der Waals surface area contributed by atoms with E-state index >= 15 is 0 Å². The fourth-order valence-electron chi connectivity index (χ4n) is 3.79. The summed E-state index contributed by atoms with van der Waals surface area (Å²) in [5, 5.41) is 6.66. The van der Waals surface area contributed by atoms with Crippen LogP contribution in [0.15, 0.2) is 47.4 Å². The van der Waals surface area contributed by atoms with Gasteiger partial charge in [0.2, 0.25) is 5.82 Å². The Balaban J connectivity index is 1.21. The SMILES string of the molecule is Cc1cccc(N2CCN(CCCNC(=O)c3nc(-c4ccncn4)no3)[C@@H](C)C2)c1. The van der Waals surface area contributed by atoms with E-state index in [2.05, 4.69) is 73.3 Å². The average molecular weight is 422 g/mol. The summed E-state index contributed by atoms with van der Waals surface area (Å²) in [5.41, 5.74) is 3.09. The van der Waals surface area contributed by atoms with E-state index in [-0.39, 0.29) is 17.6 Å².